The number of esters is 1. The lowest BCUT2D eigenvalue weighted by Crippen LogP contribution is -2.60. The zero-order valence-electron chi connectivity index (χ0n) is 31.0. The second-order valence-electron chi connectivity index (χ2n) is 14.4. The normalized spacial score (nSPS) is 15.8. The van der Waals surface area contributed by atoms with Crippen LogP contribution in [0.2, 0.25) is 0 Å². The Morgan fingerprint density at radius 3 is 2.02 bits per heavy atom. The Morgan fingerprint density at radius 1 is 0.837 bits per heavy atom. The molecule has 2 rings (SSSR count). The van der Waals surface area contributed by atoms with Crippen molar-refractivity contribution in [1.82, 2.24) is 20.0 Å². The van der Waals surface area contributed by atoms with Gasteiger partial charge in [-0.3, -0.25) is 24.0 Å². The van der Waals surface area contributed by atoms with Crippen LogP contribution in [0.4, 0.5) is 0 Å². The van der Waals surface area contributed by atoms with E-state index >= 15 is 0 Å². The van der Waals surface area contributed by atoms with Gasteiger partial charge in [-0.15, -0.1) is 0 Å². The number of nitrogens with two attached hydrogens (primary N) is 1. The maximum Gasteiger partial charge on any atom is 0.305 e. The molecule has 4 atom stereocenters. The quantitative estimate of drug-likeness (QED) is 0.211. The zero-order valence-corrected chi connectivity index (χ0v) is 31.0. The molecule has 0 aromatic heterocycles. The molecule has 1 aliphatic rings. The maximum absolute atomic E-state index is 14.3. The average molecular weight is 688 g/mol. The molecule has 1 heterocycles. The van der Waals surface area contributed by atoms with Gasteiger partial charge in [0.2, 0.25) is 23.6 Å². The lowest BCUT2D eigenvalue weighted by Gasteiger charge is -2.37. The van der Waals surface area contributed by atoms with Crippen LogP contribution in [0.5, 0.6) is 0 Å². The molecule has 276 valence electrons. The molecule has 1 fully saturated rings. The number of benzene rings is 1. The summed E-state index contributed by atoms with van der Waals surface area (Å²) in [4.78, 5) is 72.5. The van der Waals surface area contributed by atoms with Crippen molar-refractivity contribution < 1.29 is 33.4 Å². The van der Waals surface area contributed by atoms with E-state index in [0.717, 1.165) is 24.8 Å². The van der Waals surface area contributed by atoms with E-state index in [0.29, 0.717) is 19.7 Å². The molecule has 12 nitrogen and oxygen atoms in total. The van der Waals surface area contributed by atoms with Gasteiger partial charge in [-0.25, -0.2) is 0 Å². The molecule has 1 saturated heterocycles. The predicted octanol–water partition coefficient (Wildman–Crippen LogP) is 3.02. The highest BCUT2D eigenvalue weighted by Crippen LogP contribution is 2.19. The monoisotopic (exact) mass is 687 g/mol. The highest BCUT2D eigenvalue weighted by atomic mass is 16.5. The van der Waals surface area contributed by atoms with Gasteiger partial charge in [0, 0.05) is 46.6 Å². The second kappa shape index (κ2) is 20.9. The summed E-state index contributed by atoms with van der Waals surface area (Å²) in [6.07, 6.45) is 3.01. The Bertz CT molecular complexity index is 1200. The van der Waals surface area contributed by atoms with E-state index in [4.69, 9.17) is 15.2 Å². The predicted molar refractivity (Wildman–Crippen MR) is 189 cm³/mol. The smallest absolute Gasteiger partial charge is 0.305 e. The van der Waals surface area contributed by atoms with Gasteiger partial charge in [0.05, 0.1) is 13.2 Å². The van der Waals surface area contributed by atoms with Crippen molar-refractivity contribution in [3.63, 3.8) is 0 Å². The fourth-order valence-corrected chi connectivity index (χ4v) is 5.89. The number of nitrogens with one attached hydrogen (secondary N) is 1. The van der Waals surface area contributed by atoms with E-state index < -0.39 is 47.9 Å². The van der Waals surface area contributed by atoms with Gasteiger partial charge in [-0.1, -0.05) is 71.9 Å². The van der Waals surface area contributed by atoms with Gasteiger partial charge >= 0.3 is 5.97 Å². The first-order valence-electron chi connectivity index (χ1n) is 17.8. The molecule has 0 bridgehead atoms. The second-order valence-corrected chi connectivity index (χ2v) is 14.4. The molecule has 0 unspecified atom stereocenters. The summed E-state index contributed by atoms with van der Waals surface area (Å²) in [5.74, 6) is -1.99. The van der Waals surface area contributed by atoms with E-state index in [-0.39, 0.29) is 56.1 Å². The highest BCUT2D eigenvalue weighted by Gasteiger charge is 2.39. The number of ether oxygens (including phenoxy) is 2. The number of hydrogen-bond donors (Lipinski definition) is 2. The number of nitrogens with zero attached hydrogens (tertiary/aromatic N) is 3. The minimum Gasteiger partial charge on any atom is -0.465 e. The molecular formula is C37H61N5O7. The number of amides is 4. The number of carbonyl (C=O) groups excluding carboxylic acids is 5. The van der Waals surface area contributed by atoms with Crippen molar-refractivity contribution in [2.45, 2.75) is 104 Å². The van der Waals surface area contributed by atoms with Crippen LogP contribution < -0.4 is 11.1 Å². The van der Waals surface area contributed by atoms with Gasteiger partial charge in [0.15, 0.2) is 0 Å². The van der Waals surface area contributed by atoms with Crippen LogP contribution in [0, 0.1) is 17.8 Å². The molecule has 49 heavy (non-hydrogen) atoms. The Balaban J connectivity index is 2.32. The van der Waals surface area contributed by atoms with E-state index in [2.05, 4.69) is 5.32 Å². The molecule has 0 aliphatic carbocycles. The number of piperidine rings is 1. The first-order valence-corrected chi connectivity index (χ1v) is 17.8. The van der Waals surface area contributed by atoms with Crippen molar-refractivity contribution in [2.24, 2.45) is 23.5 Å². The molecular weight excluding hydrogens is 626 g/mol. The first-order chi connectivity index (χ1) is 23.1. The van der Waals surface area contributed by atoms with Crippen LogP contribution in [-0.4, -0.2) is 115 Å². The van der Waals surface area contributed by atoms with E-state index in [1.807, 2.05) is 71.9 Å². The Labute approximate surface area is 293 Å². The van der Waals surface area contributed by atoms with Crippen molar-refractivity contribution in [3.8, 4) is 0 Å². The Kier molecular flexibility index (Phi) is 17.7. The van der Waals surface area contributed by atoms with Crippen LogP contribution in [-0.2, 0) is 39.9 Å². The molecule has 1 aromatic rings. The SMILES string of the molecule is CC(C)COC[C@H](N)C(=O)N(C)[C@@H](Cc1ccccc1)C(=O)N(C)[C@H](C(=O)N[C@@H](CCC(=O)OCC(C)C)C(=O)N1CCCCC1)C(C)C. The third-order valence-electron chi connectivity index (χ3n) is 8.60. The molecule has 4 amide bonds. The maximum atomic E-state index is 14.3. The number of carbonyl (C=O) groups is 5. The van der Waals surface area contributed by atoms with Crippen molar-refractivity contribution in [3.05, 3.63) is 35.9 Å². The number of likely N-dealkylation sites (N-methyl/N-ethyl adjacent to an activating group) is 2. The average Bonchev–Trinajstić information content (AvgIpc) is 3.07. The van der Waals surface area contributed by atoms with Gasteiger partial charge < -0.3 is 35.2 Å². The minimum absolute atomic E-state index is 0.0118. The highest BCUT2D eigenvalue weighted by molar-refractivity contribution is 5.95. The number of rotatable bonds is 19. The summed E-state index contributed by atoms with van der Waals surface area (Å²) in [5.41, 5.74) is 7.06. The molecule has 1 aromatic carbocycles. The number of hydrogen-bond acceptors (Lipinski definition) is 8. The third kappa shape index (κ3) is 13.7. The molecule has 12 heteroatoms. The van der Waals surface area contributed by atoms with E-state index in [1.165, 1.54) is 9.80 Å². The largest absolute Gasteiger partial charge is 0.465 e. The molecule has 0 saturated carbocycles. The summed E-state index contributed by atoms with van der Waals surface area (Å²) in [5, 5.41) is 2.89. The third-order valence-corrected chi connectivity index (χ3v) is 8.60. The topological polar surface area (TPSA) is 152 Å². The van der Waals surface area contributed by atoms with Crippen molar-refractivity contribution in [2.75, 3.05) is 47.0 Å². The Morgan fingerprint density at radius 2 is 1.45 bits per heavy atom. The summed E-state index contributed by atoms with van der Waals surface area (Å²) in [6.45, 7) is 13.4. The van der Waals surface area contributed by atoms with Gasteiger partial charge in [0.25, 0.3) is 0 Å². The molecule has 1 aliphatic heterocycles. The Hall–Kier alpha value is -3.51. The van der Waals surface area contributed by atoms with Crippen LogP contribution >= 0.6 is 0 Å². The van der Waals surface area contributed by atoms with Gasteiger partial charge in [0.1, 0.15) is 24.2 Å². The summed E-state index contributed by atoms with van der Waals surface area (Å²) in [6, 6.07) is 5.46. The summed E-state index contributed by atoms with van der Waals surface area (Å²) in [7, 11) is 3.08. The minimum atomic E-state index is -0.974. The molecule has 3 N–H and O–H groups in total. The van der Waals surface area contributed by atoms with Gasteiger partial charge in [-0.05, 0) is 49.0 Å². The zero-order chi connectivity index (χ0) is 36.7. The fraction of sp³-hybridized carbons (Fsp3) is 0.703. The van der Waals surface area contributed by atoms with Crippen LogP contribution in [0.1, 0.15) is 79.2 Å². The van der Waals surface area contributed by atoms with Gasteiger partial charge in [-0.2, -0.15) is 0 Å². The summed E-state index contributed by atoms with van der Waals surface area (Å²) >= 11 is 0. The number of likely N-dealkylation sites (tertiary alicyclic amines) is 1. The van der Waals surface area contributed by atoms with Crippen LogP contribution in [0.15, 0.2) is 30.3 Å². The van der Waals surface area contributed by atoms with Crippen LogP contribution in [0.3, 0.4) is 0 Å². The van der Waals surface area contributed by atoms with Crippen LogP contribution in [0.25, 0.3) is 0 Å². The van der Waals surface area contributed by atoms with Crippen molar-refractivity contribution in [1.29, 1.82) is 0 Å². The lowest BCUT2D eigenvalue weighted by atomic mass is 9.97. The van der Waals surface area contributed by atoms with E-state index in [9.17, 15) is 24.0 Å². The fourth-order valence-electron chi connectivity index (χ4n) is 5.89. The lowest BCUT2D eigenvalue weighted by molar-refractivity contribution is -0.150. The molecule has 0 spiro atoms. The molecule has 0 radical (unpaired) electrons. The van der Waals surface area contributed by atoms with Crippen molar-refractivity contribution >= 4 is 29.6 Å². The first kappa shape index (κ1) is 41.7. The summed E-state index contributed by atoms with van der Waals surface area (Å²) < 4.78 is 10.9. The van der Waals surface area contributed by atoms with E-state index in [1.54, 1.807) is 19.0 Å². The standard InChI is InChI=1S/C37H61N5O7/c1-25(2)22-48-24-29(38)35(45)40(7)31(21-28-15-11-9-12-16-28)37(47)41(8)33(27(5)6)34(44)39-30(17-18-32(43)49-23-26(3)4)36(46)42-19-13-10-14-20-42/h9,11-12,15-16,25-27,29-31,33H,10,13-14,17-24,38H2,1-8H3,(H,39,44)/t29-,30-,31-,33-/m0/s1.